The maximum Gasteiger partial charge on any atom is -0.00989 e. The standard InChI is InChI=1S/C24H22/c1-15-7-8-18-10-12-22-21-11-9-17-5-3-4-6-19(17)20(21)13-14-23(22)24(18)16(15)2/h3-6,9-16H,7-8H2,1-2H3. The van der Waals surface area contributed by atoms with Crippen LogP contribution in [0.5, 0.6) is 0 Å². The molecular formula is C24H22. The molecule has 4 aromatic rings. The lowest BCUT2D eigenvalue weighted by Crippen LogP contribution is -2.16. The minimum absolute atomic E-state index is 0.648. The molecule has 0 fully saturated rings. The number of benzene rings is 4. The number of fused-ring (bicyclic) bond motifs is 7. The molecule has 118 valence electrons. The zero-order valence-electron chi connectivity index (χ0n) is 14.3. The predicted octanol–water partition coefficient (Wildman–Crippen LogP) is 6.83. The molecule has 0 aromatic heterocycles. The van der Waals surface area contributed by atoms with Gasteiger partial charge in [0.05, 0.1) is 0 Å². The lowest BCUT2D eigenvalue weighted by Gasteiger charge is -2.30. The van der Waals surface area contributed by atoms with E-state index in [9.17, 15) is 0 Å². The Morgan fingerprint density at radius 1 is 0.667 bits per heavy atom. The molecule has 0 aliphatic heterocycles. The summed E-state index contributed by atoms with van der Waals surface area (Å²) in [6.45, 7) is 4.81. The van der Waals surface area contributed by atoms with Gasteiger partial charge in [0.25, 0.3) is 0 Å². The van der Waals surface area contributed by atoms with Crippen molar-refractivity contribution in [2.45, 2.75) is 32.6 Å². The second-order valence-corrected chi connectivity index (χ2v) is 7.49. The van der Waals surface area contributed by atoms with Crippen LogP contribution < -0.4 is 0 Å². The number of rotatable bonds is 0. The van der Waals surface area contributed by atoms with Crippen LogP contribution in [0.4, 0.5) is 0 Å². The zero-order valence-corrected chi connectivity index (χ0v) is 14.3. The van der Waals surface area contributed by atoms with E-state index in [-0.39, 0.29) is 0 Å². The summed E-state index contributed by atoms with van der Waals surface area (Å²) >= 11 is 0. The first-order valence-electron chi connectivity index (χ1n) is 9.10. The van der Waals surface area contributed by atoms with Crippen LogP contribution in [0.1, 0.15) is 37.3 Å². The minimum Gasteiger partial charge on any atom is -0.0619 e. The summed E-state index contributed by atoms with van der Waals surface area (Å²) in [4.78, 5) is 0. The Hall–Kier alpha value is -2.34. The SMILES string of the molecule is CC1CCc2ccc3c(ccc4c5ccccc5ccc34)c2C1C. The molecule has 0 amide bonds. The molecule has 1 aliphatic rings. The van der Waals surface area contributed by atoms with E-state index in [0.717, 1.165) is 5.92 Å². The van der Waals surface area contributed by atoms with Crippen LogP contribution >= 0.6 is 0 Å². The molecule has 0 spiro atoms. The van der Waals surface area contributed by atoms with Gasteiger partial charge in [0.15, 0.2) is 0 Å². The van der Waals surface area contributed by atoms with Crippen LogP contribution in [0.2, 0.25) is 0 Å². The van der Waals surface area contributed by atoms with Crippen molar-refractivity contribution in [2.75, 3.05) is 0 Å². The van der Waals surface area contributed by atoms with Gasteiger partial charge in [-0.15, -0.1) is 0 Å². The van der Waals surface area contributed by atoms with Gasteiger partial charge in [-0.2, -0.15) is 0 Å². The molecule has 0 saturated heterocycles. The molecule has 5 rings (SSSR count). The summed E-state index contributed by atoms with van der Waals surface area (Å²) in [5.74, 6) is 1.42. The van der Waals surface area contributed by atoms with Crippen molar-refractivity contribution in [3.63, 3.8) is 0 Å². The van der Waals surface area contributed by atoms with Crippen LogP contribution in [-0.4, -0.2) is 0 Å². The van der Waals surface area contributed by atoms with Crippen LogP contribution in [0.25, 0.3) is 32.3 Å². The van der Waals surface area contributed by atoms with Crippen molar-refractivity contribution in [2.24, 2.45) is 5.92 Å². The molecule has 0 nitrogen and oxygen atoms in total. The molecule has 0 N–H and O–H groups in total. The molecule has 24 heavy (non-hydrogen) atoms. The summed E-state index contributed by atoms with van der Waals surface area (Å²) < 4.78 is 0. The van der Waals surface area contributed by atoms with E-state index in [0.29, 0.717) is 5.92 Å². The van der Waals surface area contributed by atoms with E-state index in [1.807, 2.05) is 0 Å². The summed E-state index contributed by atoms with van der Waals surface area (Å²) in [5, 5.41) is 8.32. The van der Waals surface area contributed by atoms with Gasteiger partial charge in [-0.3, -0.25) is 0 Å². The Balaban J connectivity index is 1.91. The molecule has 2 atom stereocenters. The average Bonchev–Trinajstić information content (AvgIpc) is 2.63. The van der Waals surface area contributed by atoms with Crippen molar-refractivity contribution in [1.29, 1.82) is 0 Å². The van der Waals surface area contributed by atoms with E-state index in [2.05, 4.69) is 74.5 Å². The summed E-state index contributed by atoms with van der Waals surface area (Å²) in [6, 6.07) is 22.7. The molecule has 0 heteroatoms. The van der Waals surface area contributed by atoms with Crippen molar-refractivity contribution in [1.82, 2.24) is 0 Å². The first-order valence-corrected chi connectivity index (χ1v) is 9.10. The van der Waals surface area contributed by atoms with Gasteiger partial charge in [-0.05, 0) is 68.1 Å². The van der Waals surface area contributed by atoms with Gasteiger partial charge in [-0.1, -0.05) is 74.5 Å². The molecular weight excluding hydrogens is 288 g/mol. The van der Waals surface area contributed by atoms with Crippen molar-refractivity contribution < 1.29 is 0 Å². The Morgan fingerprint density at radius 2 is 1.33 bits per heavy atom. The maximum absolute atomic E-state index is 2.41. The first-order chi connectivity index (χ1) is 11.7. The highest BCUT2D eigenvalue weighted by molar-refractivity contribution is 6.17. The second-order valence-electron chi connectivity index (χ2n) is 7.49. The van der Waals surface area contributed by atoms with Gasteiger partial charge in [0.2, 0.25) is 0 Å². The molecule has 4 aromatic carbocycles. The Labute approximate surface area is 143 Å². The highest BCUT2D eigenvalue weighted by Gasteiger charge is 2.25. The van der Waals surface area contributed by atoms with Crippen molar-refractivity contribution >= 4 is 32.3 Å². The van der Waals surface area contributed by atoms with E-state index >= 15 is 0 Å². The average molecular weight is 310 g/mol. The van der Waals surface area contributed by atoms with Gasteiger partial charge in [0.1, 0.15) is 0 Å². The molecule has 0 saturated carbocycles. The van der Waals surface area contributed by atoms with Gasteiger partial charge < -0.3 is 0 Å². The van der Waals surface area contributed by atoms with E-state index < -0.39 is 0 Å². The van der Waals surface area contributed by atoms with Crippen LogP contribution in [0.15, 0.2) is 60.7 Å². The third-order valence-electron chi connectivity index (χ3n) is 6.23. The quantitative estimate of drug-likeness (QED) is 0.312. The minimum atomic E-state index is 0.648. The largest absolute Gasteiger partial charge is 0.0619 e. The van der Waals surface area contributed by atoms with Crippen molar-refractivity contribution in [3.8, 4) is 0 Å². The van der Waals surface area contributed by atoms with Crippen LogP contribution in [0.3, 0.4) is 0 Å². The zero-order chi connectivity index (χ0) is 16.3. The molecule has 0 heterocycles. The number of hydrogen-bond acceptors (Lipinski definition) is 0. The molecule has 2 unspecified atom stereocenters. The van der Waals surface area contributed by atoms with Crippen molar-refractivity contribution in [3.05, 3.63) is 71.8 Å². The van der Waals surface area contributed by atoms with E-state index in [1.54, 1.807) is 11.1 Å². The Morgan fingerprint density at radius 3 is 2.25 bits per heavy atom. The fourth-order valence-electron chi connectivity index (χ4n) is 4.65. The van der Waals surface area contributed by atoms with E-state index in [1.165, 1.54) is 45.2 Å². The topological polar surface area (TPSA) is 0 Å². The lowest BCUT2D eigenvalue weighted by molar-refractivity contribution is 0.429. The van der Waals surface area contributed by atoms with Crippen LogP contribution in [-0.2, 0) is 6.42 Å². The number of hydrogen-bond donors (Lipinski definition) is 0. The third-order valence-corrected chi connectivity index (χ3v) is 6.23. The third kappa shape index (κ3) is 1.86. The Bertz CT molecular complexity index is 1090. The van der Waals surface area contributed by atoms with Gasteiger partial charge in [-0.25, -0.2) is 0 Å². The fourth-order valence-corrected chi connectivity index (χ4v) is 4.65. The van der Waals surface area contributed by atoms with Gasteiger partial charge >= 0.3 is 0 Å². The lowest BCUT2D eigenvalue weighted by atomic mass is 9.75. The van der Waals surface area contributed by atoms with Crippen LogP contribution in [0, 0.1) is 5.92 Å². The number of aryl methyl sites for hydroxylation is 1. The normalized spacial score (nSPS) is 20.6. The van der Waals surface area contributed by atoms with Gasteiger partial charge in [0, 0.05) is 0 Å². The highest BCUT2D eigenvalue weighted by atomic mass is 14.3. The molecule has 0 radical (unpaired) electrons. The Kier molecular flexibility index (Phi) is 2.97. The monoisotopic (exact) mass is 310 g/mol. The maximum atomic E-state index is 2.41. The summed E-state index contributed by atoms with van der Waals surface area (Å²) in [6.07, 6.45) is 2.55. The highest BCUT2D eigenvalue weighted by Crippen LogP contribution is 2.42. The second kappa shape index (κ2) is 5.08. The summed E-state index contributed by atoms with van der Waals surface area (Å²) in [7, 11) is 0. The smallest absolute Gasteiger partial charge is 0.00989 e. The first kappa shape index (κ1) is 14.0. The molecule has 0 bridgehead atoms. The predicted molar refractivity (Wildman–Crippen MR) is 105 cm³/mol. The van der Waals surface area contributed by atoms with E-state index in [4.69, 9.17) is 0 Å². The summed E-state index contributed by atoms with van der Waals surface area (Å²) in [5.41, 5.74) is 3.16. The fraction of sp³-hybridized carbons (Fsp3) is 0.250. The molecule has 1 aliphatic carbocycles.